The lowest BCUT2D eigenvalue weighted by atomic mass is 10.1. The van der Waals surface area contributed by atoms with E-state index >= 15 is 0 Å². The Morgan fingerprint density at radius 2 is 2.12 bits per heavy atom. The molecule has 0 spiro atoms. The molecule has 1 aromatic carbocycles. The molecule has 88 valence electrons. The molecule has 4 heteroatoms. The summed E-state index contributed by atoms with van der Waals surface area (Å²) in [6, 6.07) is 10.4. The zero-order chi connectivity index (χ0) is 11.8. The quantitative estimate of drug-likeness (QED) is 0.672. The normalized spacial score (nSPS) is 12.3. The molecule has 1 aromatic rings. The molecule has 0 aliphatic heterocycles. The Balaban J connectivity index is 2.16. The van der Waals surface area contributed by atoms with Gasteiger partial charge < -0.3 is 15.8 Å². The molecule has 0 radical (unpaired) electrons. The Morgan fingerprint density at radius 1 is 1.44 bits per heavy atom. The largest absolute Gasteiger partial charge is 0.370 e. The van der Waals surface area contributed by atoms with Gasteiger partial charge in [-0.3, -0.25) is 4.79 Å². The summed E-state index contributed by atoms with van der Waals surface area (Å²) >= 11 is 0. The molecular formula is C12H18N2O2. The first-order chi connectivity index (χ1) is 7.70. The van der Waals surface area contributed by atoms with Crippen LogP contribution in [-0.4, -0.2) is 25.7 Å². The van der Waals surface area contributed by atoms with E-state index in [1.165, 1.54) is 5.56 Å². The molecule has 0 heterocycles. The van der Waals surface area contributed by atoms with Gasteiger partial charge >= 0.3 is 0 Å². The van der Waals surface area contributed by atoms with Crippen LogP contribution in [0.2, 0.25) is 0 Å². The smallest absolute Gasteiger partial charge is 0.243 e. The van der Waals surface area contributed by atoms with Gasteiger partial charge in [0.25, 0.3) is 0 Å². The highest BCUT2D eigenvalue weighted by molar-refractivity contribution is 5.74. The first-order valence-electron chi connectivity index (χ1n) is 5.34. The summed E-state index contributed by atoms with van der Waals surface area (Å²) in [7, 11) is 0. The first kappa shape index (κ1) is 12.7. The molecular weight excluding hydrogens is 204 g/mol. The van der Waals surface area contributed by atoms with Gasteiger partial charge in [-0.2, -0.15) is 0 Å². The van der Waals surface area contributed by atoms with E-state index in [0.29, 0.717) is 13.2 Å². The lowest BCUT2D eigenvalue weighted by molar-refractivity contribution is -0.122. The van der Waals surface area contributed by atoms with Crippen molar-refractivity contribution in [3.8, 4) is 0 Å². The molecule has 1 atom stereocenters. The summed E-state index contributed by atoms with van der Waals surface area (Å²) in [6.07, 6.45) is 0. The molecule has 0 bridgehead atoms. The second-order valence-electron chi connectivity index (χ2n) is 3.61. The summed E-state index contributed by atoms with van der Waals surface area (Å²) in [5, 5.41) is 3.30. The van der Waals surface area contributed by atoms with Crippen molar-refractivity contribution in [2.75, 3.05) is 19.8 Å². The van der Waals surface area contributed by atoms with Crippen LogP contribution in [0.15, 0.2) is 30.3 Å². The zero-order valence-electron chi connectivity index (χ0n) is 9.48. The van der Waals surface area contributed by atoms with Crippen LogP contribution >= 0.6 is 0 Å². The Kier molecular flexibility index (Phi) is 5.53. The summed E-state index contributed by atoms with van der Waals surface area (Å²) in [5.41, 5.74) is 6.17. The van der Waals surface area contributed by atoms with Crippen molar-refractivity contribution in [1.29, 1.82) is 0 Å². The number of rotatable bonds is 7. The first-order valence-corrected chi connectivity index (χ1v) is 5.34. The van der Waals surface area contributed by atoms with Gasteiger partial charge in [0.15, 0.2) is 0 Å². The van der Waals surface area contributed by atoms with E-state index in [9.17, 15) is 4.79 Å². The lowest BCUT2D eigenvalue weighted by Crippen LogP contribution is -2.25. The number of benzene rings is 1. The van der Waals surface area contributed by atoms with Gasteiger partial charge in [0, 0.05) is 12.6 Å². The Morgan fingerprint density at radius 3 is 2.75 bits per heavy atom. The highest BCUT2D eigenvalue weighted by Gasteiger charge is 2.02. The van der Waals surface area contributed by atoms with Gasteiger partial charge in [-0.25, -0.2) is 0 Å². The molecule has 0 fully saturated rings. The number of hydrogen-bond donors (Lipinski definition) is 2. The van der Waals surface area contributed by atoms with E-state index < -0.39 is 5.91 Å². The average Bonchev–Trinajstić information content (AvgIpc) is 2.29. The maximum Gasteiger partial charge on any atom is 0.243 e. The van der Waals surface area contributed by atoms with E-state index in [1.807, 2.05) is 18.2 Å². The Hall–Kier alpha value is -1.39. The summed E-state index contributed by atoms with van der Waals surface area (Å²) < 4.78 is 5.04. The van der Waals surface area contributed by atoms with Crippen LogP contribution in [0.3, 0.4) is 0 Å². The van der Waals surface area contributed by atoms with Crippen LogP contribution in [0.1, 0.15) is 18.5 Å². The molecule has 1 unspecified atom stereocenters. The fourth-order valence-corrected chi connectivity index (χ4v) is 1.38. The fraction of sp³-hybridized carbons (Fsp3) is 0.417. The maximum absolute atomic E-state index is 10.4. The molecule has 0 aliphatic rings. The fourth-order valence-electron chi connectivity index (χ4n) is 1.38. The second kappa shape index (κ2) is 6.98. The molecule has 3 N–H and O–H groups in total. The van der Waals surface area contributed by atoms with Crippen molar-refractivity contribution in [3.05, 3.63) is 35.9 Å². The van der Waals surface area contributed by atoms with E-state index in [4.69, 9.17) is 10.5 Å². The van der Waals surface area contributed by atoms with Crippen molar-refractivity contribution >= 4 is 5.91 Å². The van der Waals surface area contributed by atoms with Gasteiger partial charge in [-0.05, 0) is 12.5 Å². The van der Waals surface area contributed by atoms with E-state index in [-0.39, 0.29) is 12.6 Å². The number of ether oxygens (including phenoxy) is 1. The van der Waals surface area contributed by atoms with Crippen LogP contribution in [0, 0.1) is 0 Å². The van der Waals surface area contributed by atoms with Crippen LogP contribution in [0.5, 0.6) is 0 Å². The third-order valence-corrected chi connectivity index (χ3v) is 2.24. The van der Waals surface area contributed by atoms with Gasteiger partial charge in [-0.15, -0.1) is 0 Å². The number of hydrogen-bond acceptors (Lipinski definition) is 3. The minimum absolute atomic E-state index is 0.0125. The van der Waals surface area contributed by atoms with Gasteiger partial charge in [-0.1, -0.05) is 30.3 Å². The van der Waals surface area contributed by atoms with Crippen LogP contribution in [-0.2, 0) is 9.53 Å². The van der Waals surface area contributed by atoms with Crippen molar-refractivity contribution in [3.63, 3.8) is 0 Å². The number of nitrogens with one attached hydrogen (secondary N) is 1. The maximum atomic E-state index is 10.4. The number of amides is 1. The molecule has 1 rings (SSSR count). The predicted molar refractivity (Wildman–Crippen MR) is 62.9 cm³/mol. The van der Waals surface area contributed by atoms with Crippen LogP contribution in [0.4, 0.5) is 0 Å². The van der Waals surface area contributed by atoms with Crippen molar-refractivity contribution in [1.82, 2.24) is 5.32 Å². The molecule has 16 heavy (non-hydrogen) atoms. The molecule has 0 saturated carbocycles. The van der Waals surface area contributed by atoms with Gasteiger partial charge in [0.1, 0.15) is 6.61 Å². The molecule has 1 amide bonds. The topological polar surface area (TPSA) is 64.3 Å². The second-order valence-corrected chi connectivity index (χ2v) is 3.61. The summed E-state index contributed by atoms with van der Waals surface area (Å²) in [6.45, 7) is 3.26. The van der Waals surface area contributed by atoms with Gasteiger partial charge in [0.05, 0.1) is 6.61 Å². The molecule has 0 saturated heterocycles. The van der Waals surface area contributed by atoms with Crippen LogP contribution in [0.25, 0.3) is 0 Å². The standard InChI is InChI=1S/C12H18N2O2/c1-10(11-5-3-2-4-6-11)14-7-8-16-9-12(13)15/h2-6,10,14H,7-9H2,1H3,(H2,13,15). The molecule has 0 aromatic heterocycles. The van der Waals surface area contributed by atoms with Crippen LogP contribution < -0.4 is 11.1 Å². The SMILES string of the molecule is CC(NCCOCC(N)=O)c1ccccc1. The number of primary amides is 1. The highest BCUT2D eigenvalue weighted by atomic mass is 16.5. The monoisotopic (exact) mass is 222 g/mol. The van der Waals surface area contributed by atoms with E-state index in [2.05, 4.69) is 24.4 Å². The number of nitrogens with two attached hydrogens (primary N) is 1. The predicted octanol–water partition coefficient (Wildman–Crippen LogP) is 0.839. The Bertz CT molecular complexity index is 314. The summed E-state index contributed by atoms with van der Waals surface area (Å²) in [4.78, 5) is 10.4. The van der Waals surface area contributed by atoms with Crippen molar-refractivity contribution in [2.24, 2.45) is 5.73 Å². The minimum atomic E-state index is -0.434. The lowest BCUT2D eigenvalue weighted by Gasteiger charge is -2.13. The molecule has 0 aliphatic carbocycles. The summed E-state index contributed by atoms with van der Waals surface area (Å²) in [5.74, 6) is -0.434. The van der Waals surface area contributed by atoms with E-state index in [1.54, 1.807) is 0 Å². The number of carbonyl (C=O) groups is 1. The van der Waals surface area contributed by atoms with Crippen molar-refractivity contribution < 1.29 is 9.53 Å². The van der Waals surface area contributed by atoms with E-state index in [0.717, 1.165) is 0 Å². The van der Waals surface area contributed by atoms with Gasteiger partial charge in [0.2, 0.25) is 5.91 Å². The Labute approximate surface area is 95.8 Å². The third-order valence-electron chi connectivity index (χ3n) is 2.24. The average molecular weight is 222 g/mol. The van der Waals surface area contributed by atoms with Crippen molar-refractivity contribution in [2.45, 2.75) is 13.0 Å². The number of carbonyl (C=O) groups excluding carboxylic acids is 1. The zero-order valence-corrected chi connectivity index (χ0v) is 9.48. The molecule has 4 nitrogen and oxygen atoms in total. The minimum Gasteiger partial charge on any atom is -0.370 e. The third kappa shape index (κ3) is 4.91. The highest BCUT2D eigenvalue weighted by Crippen LogP contribution is 2.10.